The summed E-state index contributed by atoms with van der Waals surface area (Å²) < 4.78 is 47.0. The molecule has 0 amide bonds. The third-order valence-electron chi connectivity index (χ3n) is 2.60. The molecule has 0 aromatic heterocycles. The molecule has 112 valence electrons. The molecule has 2 N–H and O–H groups in total. The Kier molecular flexibility index (Phi) is 4.62. The number of nitrogens with two attached hydrogens (primary N) is 1. The zero-order valence-electron chi connectivity index (χ0n) is 10.7. The van der Waals surface area contributed by atoms with E-state index in [0.29, 0.717) is 11.3 Å². The number of halogens is 4. The molecule has 0 spiro atoms. The maximum Gasteiger partial charge on any atom is 0.573 e. The first-order chi connectivity index (χ1) is 9.87. The molecule has 0 bridgehead atoms. The van der Waals surface area contributed by atoms with Gasteiger partial charge in [0.15, 0.2) is 11.5 Å². The normalized spacial score (nSPS) is 11.2. The Morgan fingerprint density at radius 1 is 1.00 bits per heavy atom. The molecule has 0 radical (unpaired) electrons. The van der Waals surface area contributed by atoms with Crippen LogP contribution in [0.3, 0.4) is 0 Å². The highest BCUT2D eigenvalue weighted by atomic mass is 79.9. The van der Waals surface area contributed by atoms with Crippen molar-refractivity contribution in [2.75, 3.05) is 5.73 Å². The lowest BCUT2D eigenvalue weighted by Crippen LogP contribution is -2.17. The van der Waals surface area contributed by atoms with Crippen molar-refractivity contribution in [2.45, 2.75) is 13.0 Å². The van der Waals surface area contributed by atoms with E-state index in [9.17, 15) is 13.2 Å². The average Bonchev–Trinajstić information content (AvgIpc) is 2.38. The minimum absolute atomic E-state index is 0.00928. The van der Waals surface area contributed by atoms with Crippen molar-refractivity contribution in [3.05, 3.63) is 52.5 Å². The van der Waals surface area contributed by atoms with Crippen LogP contribution in [-0.2, 0) is 6.61 Å². The molecule has 0 aliphatic carbocycles. The Labute approximate surface area is 127 Å². The van der Waals surface area contributed by atoms with Gasteiger partial charge in [0.25, 0.3) is 0 Å². The van der Waals surface area contributed by atoms with Crippen molar-refractivity contribution in [1.82, 2.24) is 0 Å². The molecule has 0 heterocycles. The molecule has 0 atom stereocenters. The van der Waals surface area contributed by atoms with Gasteiger partial charge in [-0.15, -0.1) is 13.2 Å². The maximum atomic E-state index is 12.3. The van der Waals surface area contributed by atoms with E-state index in [0.717, 1.165) is 4.47 Å². The number of hydrogen-bond acceptors (Lipinski definition) is 3. The SMILES string of the molecule is Nc1cccc(Br)c1COc1ccccc1OC(F)(F)F. The van der Waals surface area contributed by atoms with Crippen LogP contribution in [0.15, 0.2) is 46.9 Å². The molecule has 0 saturated heterocycles. The predicted octanol–water partition coefficient (Wildman–Crippen LogP) is 4.51. The van der Waals surface area contributed by atoms with Gasteiger partial charge in [-0.05, 0) is 24.3 Å². The number of anilines is 1. The topological polar surface area (TPSA) is 44.5 Å². The maximum absolute atomic E-state index is 12.3. The first kappa shape index (κ1) is 15.5. The molecule has 0 aliphatic rings. The summed E-state index contributed by atoms with van der Waals surface area (Å²) in [5.74, 6) is -0.402. The summed E-state index contributed by atoms with van der Waals surface area (Å²) in [5, 5.41) is 0. The quantitative estimate of drug-likeness (QED) is 0.814. The van der Waals surface area contributed by atoms with Gasteiger partial charge in [-0.25, -0.2) is 0 Å². The minimum atomic E-state index is -4.77. The van der Waals surface area contributed by atoms with E-state index in [1.807, 2.05) is 0 Å². The van der Waals surface area contributed by atoms with Crippen LogP contribution in [0.2, 0.25) is 0 Å². The highest BCUT2D eigenvalue weighted by Crippen LogP contribution is 2.33. The van der Waals surface area contributed by atoms with Crippen molar-refractivity contribution in [2.24, 2.45) is 0 Å². The third-order valence-corrected chi connectivity index (χ3v) is 3.34. The first-order valence-corrected chi connectivity index (χ1v) is 6.66. The molecule has 2 aromatic rings. The van der Waals surface area contributed by atoms with Crippen molar-refractivity contribution >= 4 is 21.6 Å². The number of para-hydroxylation sites is 2. The summed E-state index contributed by atoms with van der Waals surface area (Å²) in [6.45, 7) is 0.0193. The Bertz CT molecular complexity index is 612. The molecule has 2 rings (SSSR count). The monoisotopic (exact) mass is 361 g/mol. The molecular weight excluding hydrogens is 351 g/mol. The number of ether oxygens (including phenoxy) is 2. The summed E-state index contributed by atoms with van der Waals surface area (Å²) in [6.07, 6.45) is -4.77. The van der Waals surface area contributed by atoms with Gasteiger partial charge in [-0.1, -0.05) is 34.1 Å². The van der Waals surface area contributed by atoms with Gasteiger partial charge in [0.1, 0.15) is 6.61 Å². The van der Waals surface area contributed by atoms with Gasteiger partial charge in [-0.3, -0.25) is 0 Å². The summed E-state index contributed by atoms with van der Waals surface area (Å²) in [4.78, 5) is 0. The van der Waals surface area contributed by atoms with Crippen molar-refractivity contribution in [1.29, 1.82) is 0 Å². The van der Waals surface area contributed by atoms with Crippen LogP contribution in [0.5, 0.6) is 11.5 Å². The molecule has 21 heavy (non-hydrogen) atoms. The summed E-state index contributed by atoms with van der Waals surface area (Å²) in [7, 11) is 0. The van der Waals surface area contributed by atoms with Gasteiger partial charge in [0.05, 0.1) is 0 Å². The summed E-state index contributed by atoms with van der Waals surface area (Å²) >= 11 is 3.32. The van der Waals surface area contributed by atoms with E-state index >= 15 is 0 Å². The molecule has 0 fully saturated rings. The van der Waals surface area contributed by atoms with Crippen LogP contribution in [0.4, 0.5) is 18.9 Å². The zero-order valence-corrected chi connectivity index (χ0v) is 12.2. The fraction of sp³-hybridized carbons (Fsp3) is 0.143. The van der Waals surface area contributed by atoms with Crippen LogP contribution in [0.25, 0.3) is 0 Å². The Hall–Kier alpha value is -1.89. The zero-order chi connectivity index (χ0) is 15.5. The summed E-state index contributed by atoms with van der Waals surface area (Å²) in [6, 6.07) is 10.8. The van der Waals surface area contributed by atoms with E-state index in [-0.39, 0.29) is 12.4 Å². The molecule has 3 nitrogen and oxygen atoms in total. The van der Waals surface area contributed by atoms with Gasteiger partial charge in [0.2, 0.25) is 0 Å². The largest absolute Gasteiger partial charge is 0.573 e. The van der Waals surface area contributed by atoms with Crippen molar-refractivity contribution in [3.8, 4) is 11.5 Å². The van der Waals surface area contributed by atoms with Crippen LogP contribution < -0.4 is 15.2 Å². The lowest BCUT2D eigenvalue weighted by Gasteiger charge is -2.15. The smallest absolute Gasteiger partial charge is 0.485 e. The fourth-order valence-corrected chi connectivity index (χ4v) is 2.15. The van der Waals surface area contributed by atoms with Crippen molar-refractivity contribution < 1.29 is 22.6 Å². The standard InChI is InChI=1S/C14H11BrF3NO2/c15-10-4-3-5-11(19)9(10)8-20-12-6-1-2-7-13(12)21-14(16,17)18/h1-7H,8,19H2. The average molecular weight is 362 g/mol. The van der Waals surface area contributed by atoms with Gasteiger partial charge in [0, 0.05) is 15.7 Å². The van der Waals surface area contributed by atoms with Crippen molar-refractivity contribution in [3.63, 3.8) is 0 Å². The first-order valence-electron chi connectivity index (χ1n) is 5.87. The van der Waals surface area contributed by atoms with Gasteiger partial charge >= 0.3 is 6.36 Å². The Morgan fingerprint density at radius 3 is 2.29 bits per heavy atom. The second-order valence-electron chi connectivity index (χ2n) is 4.09. The molecule has 0 unspecified atom stereocenters. The van der Waals surface area contributed by atoms with E-state index in [1.54, 1.807) is 24.3 Å². The van der Waals surface area contributed by atoms with Crippen LogP contribution in [0.1, 0.15) is 5.56 Å². The Balaban J connectivity index is 2.17. The number of rotatable bonds is 4. The van der Waals surface area contributed by atoms with E-state index in [1.165, 1.54) is 18.2 Å². The minimum Gasteiger partial charge on any atom is -0.485 e. The van der Waals surface area contributed by atoms with E-state index < -0.39 is 12.1 Å². The van der Waals surface area contributed by atoms with Crippen LogP contribution in [0, 0.1) is 0 Å². The second-order valence-corrected chi connectivity index (χ2v) is 4.95. The number of alkyl halides is 3. The van der Waals surface area contributed by atoms with E-state index in [2.05, 4.69) is 20.7 Å². The third kappa shape index (κ3) is 4.29. The number of benzene rings is 2. The lowest BCUT2D eigenvalue weighted by molar-refractivity contribution is -0.275. The van der Waals surface area contributed by atoms with Crippen LogP contribution in [-0.4, -0.2) is 6.36 Å². The molecule has 0 saturated carbocycles. The highest BCUT2D eigenvalue weighted by molar-refractivity contribution is 9.10. The predicted molar refractivity (Wildman–Crippen MR) is 76.0 cm³/mol. The fourth-order valence-electron chi connectivity index (χ4n) is 1.66. The lowest BCUT2D eigenvalue weighted by atomic mass is 10.2. The Morgan fingerprint density at radius 2 is 1.67 bits per heavy atom. The molecule has 2 aromatic carbocycles. The number of hydrogen-bond donors (Lipinski definition) is 1. The van der Waals surface area contributed by atoms with E-state index in [4.69, 9.17) is 10.5 Å². The molecular formula is C14H11BrF3NO2. The molecule has 7 heteroatoms. The number of nitrogen functional groups attached to an aromatic ring is 1. The highest BCUT2D eigenvalue weighted by Gasteiger charge is 2.32. The van der Waals surface area contributed by atoms with Crippen LogP contribution >= 0.6 is 15.9 Å². The van der Waals surface area contributed by atoms with Gasteiger partial charge in [-0.2, -0.15) is 0 Å². The summed E-state index contributed by atoms with van der Waals surface area (Å²) in [5.41, 5.74) is 6.94. The molecule has 0 aliphatic heterocycles. The van der Waals surface area contributed by atoms with Gasteiger partial charge < -0.3 is 15.2 Å². The second kappa shape index (κ2) is 6.26.